The van der Waals surface area contributed by atoms with Crippen molar-refractivity contribution in [2.45, 2.75) is 13.8 Å². The molecule has 0 unspecified atom stereocenters. The summed E-state index contributed by atoms with van der Waals surface area (Å²) in [4.78, 5) is 2.97. The van der Waals surface area contributed by atoms with Crippen molar-refractivity contribution in [2.75, 3.05) is 0 Å². The molecule has 2 nitrogen and oxygen atoms in total. The van der Waals surface area contributed by atoms with E-state index in [2.05, 4.69) is 4.98 Å². The van der Waals surface area contributed by atoms with E-state index in [0.29, 0.717) is 10.5 Å². The van der Waals surface area contributed by atoms with Crippen LogP contribution in [0.3, 0.4) is 0 Å². The molecule has 0 fully saturated rings. The van der Waals surface area contributed by atoms with Crippen LogP contribution in [-0.2, 0) is 0 Å². The molecule has 0 saturated carbocycles. The molecular weight excluding hydrogens is 211 g/mol. The fraction of sp³-hybridized carbons (Fsp3) is 0.182. The summed E-state index contributed by atoms with van der Waals surface area (Å²) in [6.45, 7) is 3.75. The summed E-state index contributed by atoms with van der Waals surface area (Å²) in [6.07, 6.45) is 1.80. The number of para-hydroxylation sites is 1. The van der Waals surface area contributed by atoms with Gasteiger partial charge in [-0.25, -0.2) is 4.39 Å². The summed E-state index contributed by atoms with van der Waals surface area (Å²) >= 11 is 5.11. The molecule has 2 aromatic rings. The number of nitrogens with zero attached hydrogens (tertiary/aromatic N) is 1. The number of nitrogens with one attached hydrogen (secondary N) is 1. The lowest BCUT2D eigenvalue weighted by Gasteiger charge is -2.07. The van der Waals surface area contributed by atoms with E-state index in [1.54, 1.807) is 16.8 Å². The zero-order valence-electron chi connectivity index (χ0n) is 8.54. The summed E-state index contributed by atoms with van der Waals surface area (Å²) in [5.41, 5.74) is 2.31. The molecule has 78 valence electrons. The maximum absolute atomic E-state index is 13.6. The molecule has 15 heavy (non-hydrogen) atoms. The van der Waals surface area contributed by atoms with Gasteiger partial charge in [-0.05, 0) is 37.7 Å². The molecule has 0 amide bonds. The van der Waals surface area contributed by atoms with Crippen LogP contribution in [0, 0.1) is 24.4 Å². The summed E-state index contributed by atoms with van der Waals surface area (Å²) < 4.78 is 15.8. The number of halogens is 1. The first-order chi connectivity index (χ1) is 7.09. The number of hydrogen-bond acceptors (Lipinski definition) is 1. The third kappa shape index (κ3) is 1.72. The molecule has 0 aliphatic carbocycles. The van der Waals surface area contributed by atoms with Gasteiger partial charge in [-0.3, -0.25) is 4.57 Å². The standard InChI is InChI=1S/C11H11FN2S/c1-7-4-3-5-9(12)10(7)14-6-8(2)13-11(14)15/h3-6H,1-2H3,(H,13,15). The number of aromatic nitrogens is 2. The second-order valence-electron chi connectivity index (χ2n) is 3.52. The minimum atomic E-state index is -0.259. The number of rotatable bonds is 1. The van der Waals surface area contributed by atoms with Crippen LogP contribution in [0.1, 0.15) is 11.3 Å². The van der Waals surface area contributed by atoms with Crippen molar-refractivity contribution in [1.82, 2.24) is 9.55 Å². The van der Waals surface area contributed by atoms with Crippen molar-refractivity contribution >= 4 is 12.2 Å². The number of aryl methyl sites for hydroxylation is 2. The van der Waals surface area contributed by atoms with Gasteiger partial charge in [0.05, 0.1) is 5.69 Å². The molecule has 0 atom stereocenters. The van der Waals surface area contributed by atoms with Gasteiger partial charge >= 0.3 is 0 Å². The Labute approximate surface area is 92.4 Å². The second-order valence-corrected chi connectivity index (χ2v) is 3.90. The van der Waals surface area contributed by atoms with Crippen molar-refractivity contribution in [3.8, 4) is 5.69 Å². The first-order valence-corrected chi connectivity index (χ1v) is 5.04. The summed E-state index contributed by atoms with van der Waals surface area (Å²) in [5, 5.41) is 0. The fourth-order valence-electron chi connectivity index (χ4n) is 1.61. The normalized spacial score (nSPS) is 10.6. The van der Waals surface area contributed by atoms with E-state index in [1.807, 2.05) is 19.9 Å². The molecule has 2 rings (SSSR count). The first-order valence-electron chi connectivity index (χ1n) is 4.63. The summed E-state index contributed by atoms with van der Waals surface area (Å²) in [7, 11) is 0. The summed E-state index contributed by atoms with van der Waals surface area (Å²) in [6, 6.07) is 4.99. The first kappa shape index (κ1) is 10.1. The van der Waals surface area contributed by atoms with E-state index in [1.165, 1.54) is 6.07 Å². The second kappa shape index (κ2) is 3.62. The Morgan fingerprint density at radius 3 is 2.60 bits per heavy atom. The third-order valence-corrected chi connectivity index (χ3v) is 2.57. The third-order valence-electron chi connectivity index (χ3n) is 2.28. The minimum absolute atomic E-state index is 0.259. The molecule has 0 radical (unpaired) electrons. The number of hydrogen-bond donors (Lipinski definition) is 1. The Hall–Kier alpha value is -1.42. The highest BCUT2D eigenvalue weighted by molar-refractivity contribution is 7.71. The summed E-state index contributed by atoms with van der Waals surface area (Å²) in [5.74, 6) is -0.259. The molecule has 4 heteroatoms. The largest absolute Gasteiger partial charge is 0.335 e. The Bertz CT molecular complexity index is 534. The molecule has 0 bridgehead atoms. The van der Waals surface area contributed by atoms with E-state index in [0.717, 1.165) is 11.3 Å². The lowest BCUT2D eigenvalue weighted by atomic mass is 10.2. The number of aromatic amines is 1. The van der Waals surface area contributed by atoms with Crippen LogP contribution in [0.25, 0.3) is 5.69 Å². The minimum Gasteiger partial charge on any atom is -0.335 e. The molecule has 0 aliphatic rings. The molecule has 1 aromatic carbocycles. The Morgan fingerprint density at radius 2 is 2.07 bits per heavy atom. The average molecular weight is 222 g/mol. The van der Waals surface area contributed by atoms with Crippen LogP contribution < -0.4 is 0 Å². The van der Waals surface area contributed by atoms with E-state index in [4.69, 9.17) is 12.2 Å². The van der Waals surface area contributed by atoms with Crippen LogP contribution in [0.15, 0.2) is 24.4 Å². The van der Waals surface area contributed by atoms with Crippen molar-refractivity contribution in [2.24, 2.45) is 0 Å². The molecule has 0 spiro atoms. The molecule has 0 saturated heterocycles. The van der Waals surface area contributed by atoms with Crippen molar-refractivity contribution in [3.05, 3.63) is 46.2 Å². The van der Waals surface area contributed by atoms with Gasteiger partial charge in [-0.15, -0.1) is 0 Å². The number of imidazole rings is 1. The lowest BCUT2D eigenvalue weighted by Crippen LogP contribution is -1.99. The Balaban J connectivity index is 2.74. The van der Waals surface area contributed by atoms with Gasteiger partial charge in [0.2, 0.25) is 0 Å². The predicted molar refractivity (Wildman–Crippen MR) is 60.4 cm³/mol. The van der Waals surface area contributed by atoms with Crippen LogP contribution >= 0.6 is 12.2 Å². The van der Waals surface area contributed by atoms with Gasteiger partial charge in [0.1, 0.15) is 5.82 Å². The van der Waals surface area contributed by atoms with Gasteiger partial charge in [-0.1, -0.05) is 12.1 Å². The molecule has 1 N–H and O–H groups in total. The lowest BCUT2D eigenvalue weighted by molar-refractivity contribution is 0.616. The fourth-order valence-corrected chi connectivity index (χ4v) is 1.91. The van der Waals surface area contributed by atoms with Crippen molar-refractivity contribution in [1.29, 1.82) is 0 Å². The van der Waals surface area contributed by atoms with E-state index >= 15 is 0 Å². The van der Waals surface area contributed by atoms with Gasteiger partial charge in [0.25, 0.3) is 0 Å². The Kier molecular flexibility index (Phi) is 2.44. The Morgan fingerprint density at radius 1 is 1.33 bits per heavy atom. The van der Waals surface area contributed by atoms with Crippen LogP contribution in [0.2, 0.25) is 0 Å². The monoisotopic (exact) mass is 222 g/mol. The van der Waals surface area contributed by atoms with E-state index < -0.39 is 0 Å². The molecule has 1 aromatic heterocycles. The maximum Gasteiger partial charge on any atom is 0.182 e. The highest BCUT2D eigenvalue weighted by Crippen LogP contribution is 2.18. The SMILES string of the molecule is Cc1cn(-c2c(C)cccc2F)c(=S)[nH]1. The van der Waals surface area contributed by atoms with E-state index in [9.17, 15) is 4.39 Å². The smallest absolute Gasteiger partial charge is 0.182 e. The predicted octanol–water partition coefficient (Wildman–Crippen LogP) is 3.29. The number of benzene rings is 1. The van der Waals surface area contributed by atoms with Gasteiger partial charge < -0.3 is 4.98 Å². The van der Waals surface area contributed by atoms with E-state index in [-0.39, 0.29) is 5.82 Å². The van der Waals surface area contributed by atoms with Gasteiger partial charge in [0, 0.05) is 11.9 Å². The van der Waals surface area contributed by atoms with Crippen LogP contribution in [-0.4, -0.2) is 9.55 Å². The van der Waals surface area contributed by atoms with Crippen LogP contribution in [0.4, 0.5) is 4.39 Å². The van der Waals surface area contributed by atoms with Crippen LogP contribution in [0.5, 0.6) is 0 Å². The highest BCUT2D eigenvalue weighted by atomic mass is 32.1. The van der Waals surface area contributed by atoms with Gasteiger partial charge in [0.15, 0.2) is 4.77 Å². The molecule has 0 aliphatic heterocycles. The van der Waals surface area contributed by atoms with Gasteiger partial charge in [-0.2, -0.15) is 0 Å². The topological polar surface area (TPSA) is 20.7 Å². The average Bonchev–Trinajstić information content (AvgIpc) is 2.45. The zero-order chi connectivity index (χ0) is 11.0. The quantitative estimate of drug-likeness (QED) is 0.734. The maximum atomic E-state index is 13.6. The number of H-pyrrole nitrogens is 1. The molecular formula is C11H11FN2S. The van der Waals surface area contributed by atoms with Crippen molar-refractivity contribution < 1.29 is 4.39 Å². The zero-order valence-corrected chi connectivity index (χ0v) is 9.36. The highest BCUT2D eigenvalue weighted by Gasteiger charge is 2.08. The molecule has 1 heterocycles. The van der Waals surface area contributed by atoms with Crippen molar-refractivity contribution in [3.63, 3.8) is 0 Å².